The number of hydrogen-bond donors (Lipinski definition) is 2. The van der Waals surface area contributed by atoms with Gasteiger partial charge in [-0.05, 0) is 38.9 Å². The minimum Gasteiger partial charge on any atom is -0.377 e. The molecule has 0 spiro atoms. The van der Waals surface area contributed by atoms with Gasteiger partial charge >= 0.3 is 13.5 Å². The summed E-state index contributed by atoms with van der Waals surface area (Å²) < 4.78 is 50.0. The van der Waals surface area contributed by atoms with Crippen LogP contribution in [-0.4, -0.2) is 63.6 Å². The molecular formula is C35H64FN2O8PS. The number of halogens is 1. The molecule has 3 unspecified atom stereocenters. The van der Waals surface area contributed by atoms with Crippen molar-refractivity contribution in [2.75, 3.05) is 25.6 Å². The zero-order valence-electron chi connectivity index (χ0n) is 30.0. The number of hydrogen-bond acceptors (Lipinski definition) is 8. The van der Waals surface area contributed by atoms with Crippen molar-refractivity contribution < 1.29 is 32.4 Å². The summed E-state index contributed by atoms with van der Waals surface area (Å²) in [7, 11) is -4.45. The van der Waals surface area contributed by atoms with E-state index in [4.69, 9.17) is 18.5 Å². The molecule has 6 atom stereocenters. The molecule has 0 saturated carbocycles. The highest BCUT2D eigenvalue weighted by Gasteiger charge is 2.39. The molecule has 280 valence electrons. The summed E-state index contributed by atoms with van der Waals surface area (Å²) in [6.07, 6.45) is 18.6. The second-order valence-electron chi connectivity index (χ2n) is 13.2. The summed E-state index contributed by atoms with van der Waals surface area (Å²) in [4.78, 5) is 36.1. The Morgan fingerprint density at radius 1 is 0.958 bits per heavy atom. The van der Waals surface area contributed by atoms with Gasteiger partial charge in [-0.25, -0.2) is 13.8 Å². The van der Waals surface area contributed by atoms with Gasteiger partial charge < -0.3 is 14.4 Å². The Labute approximate surface area is 292 Å². The molecule has 1 fully saturated rings. The van der Waals surface area contributed by atoms with Gasteiger partial charge in [0, 0.05) is 30.0 Å². The van der Waals surface area contributed by atoms with Gasteiger partial charge in [-0.15, -0.1) is 0 Å². The molecule has 0 bridgehead atoms. The summed E-state index contributed by atoms with van der Waals surface area (Å²) in [6, 6.07) is 0. The van der Waals surface area contributed by atoms with Crippen LogP contribution in [0.2, 0.25) is 0 Å². The van der Waals surface area contributed by atoms with Crippen molar-refractivity contribution >= 4 is 19.6 Å². The molecule has 1 aliphatic heterocycles. The predicted octanol–water partition coefficient (Wildman–Crippen LogP) is 8.78. The van der Waals surface area contributed by atoms with E-state index < -0.39 is 44.2 Å². The molecular weight excluding hydrogens is 658 g/mol. The number of alkyl halides is 1. The number of rotatable bonds is 29. The van der Waals surface area contributed by atoms with Crippen molar-refractivity contribution in [1.29, 1.82) is 0 Å². The largest absolute Gasteiger partial charge is 0.472 e. The number of nitrogens with zero attached hydrogens (tertiary/aromatic N) is 1. The fourth-order valence-corrected chi connectivity index (χ4v) is 7.98. The van der Waals surface area contributed by atoms with Crippen LogP contribution < -0.4 is 11.2 Å². The van der Waals surface area contributed by atoms with Crippen molar-refractivity contribution in [2.45, 2.75) is 173 Å². The highest BCUT2D eigenvalue weighted by molar-refractivity contribution is 7.99. The summed E-state index contributed by atoms with van der Waals surface area (Å²) in [5.74, 6) is 1.14. The van der Waals surface area contributed by atoms with E-state index in [1.54, 1.807) is 0 Å². The van der Waals surface area contributed by atoms with E-state index in [-0.39, 0.29) is 24.7 Å². The first kappa shape index (κ1) is 43.2. The normalized spacial score (nSPS) is 20.6. The smallest absolute Gasteiger partial charge is 0.377 e. The lowest BCUT2D eigenvalue weighted by Crippen LogP contribution is -2.33. The van der Waals surface area contributed by atoms with E-state index in [0.29, 0.717) is 18.3 Å². The Morgan fingerprint density at radius 2 is 1.56 bits per heavy atom. The van der Waals surface area contributed by atoms with E-state index in [0.717, 1.165) is 16.7 Å². The minimum absolute atomic E-state index is 0.0482. The van der Waals surface area contributed by atoms with Crippen LogP contribution >= 0.6 is 19.6 Å². The molecule has 0 aromatic carbocycles. The number of phosphoric ester groups is 1. The van der Waals surface area contributed by atoms with Crippen molar-refractivity contribution in [3.05, 3.63) is 32.6 Å². The second kappa shape index (κ2) is 25.0. The van der Waals surface area contributed by atoms with Gasteiger partial charge in [-0.2, -0.15) is 11.8 Å². The summed E-state index contributed by atoms with van der Waals surface area (Å²) in [5.41, 5.74) is -0.968. The van der Waals surface area contributed by atoms with Crippen LogP contribution in [0, 0.1) is 6.92 Å². The highest BCUT2D eigenvalue weighted by Crippen LogP contribution is 2.44. The molecule has 10 nitrogen and oxygen atoms in total. The van der Waals surface area contributed by atoms with Gasteiger partial charge in [0.2, 0.25) is 0 Å². The summed E-state index contributed by atoms with van der Waals surface area (Å²) >= 11 is 2.02. The molecule has 1 aromatic rings. The van der Waals surface area contributed by atoms with E-state index in [2.05, 4.69) is 25.8 Å². The average molecular weight is 723 g/mol. The highest BCUT2D eigenvalue weighted by atomic mass is 32.2. The number of nitrogens with one attached hydrogen (secondary N) is 1. The lowest BCUT2D eigenvalue weighted by molar-refractivity contribution is -0.0369. The fraction of sp³-hybridized carbons (Fsp3) is 0.886. The topological polar surface area (TPSA) is 129 Å². The number of aromatic nitrogens is 2. The Kier molecular flexibility index (Phi) is 22.5. The van der Waals surface area contributed by atoms with E-state index in [1.807, 2.05) is 11.8 Å². The third-order valence-electron chi connectivity index (χ3n) is 8.89. The SMILES string of the molecule is CCCCCCCCCCCSC(CCCCCCCC)C(C)OCCCOP(=O)(O)OC[C@H]1O[C@@H](n2cc(C)c(=O)[nH]c2=O)C[C@@H]1F. The first-order valence-electron chi connectivity index (χ1n) is 18.5. The second-order valence-corrected chi connectivity index (χ2v) is 16.0. The van der Waals surface area contributed by atoms with Crippen LogP contribution in [0.15, 0.2) is 15.8 Å². The Balaban J connectivity index is 1.68. The van der Waals surface area contributed by atoms with Crippen molar-refractivity contribution in [3.63, 3.8) is 0 Å². The molecule has 0 aliphatic carbocycles. The average Bonchev–Trinajstić information content (AvgIpc) is 3.42. The lowest BCUT2D eigenvalue weighted by Gasteiger charge is -2.24. The number of phosphoric acid groups is 1. The van der Waals surface area contributed by atoms with Crippen molar-refractivity contribution in [3.8, 4) is 0 Å². The molecule has 0 radical (unpaired) electrons. The van der Waals surface area contributed by atoms with E-state index in [9.17, 15) is 23.4 Å². The molecule has 1 saturated heterocycles. The van der Waals surface area contributed by atoms with Gasteiger partial charge in [-0.1, -0.05) is 104 Å². The Morgan fingerprint density at radius 3 is 2.21 bits per heavy atom. The molecule has 2 heterocycles. The standard InChI is InChI=1S/C35H64FN2O8PS/c1-5-7-9-11-13-14-15-17-19-24-48-32(21-18-16-12-10-8-6-2)29(4)43-22-20-23-44-47(41,42)45-27-31-30(36)25-33(46-31)38-26-28(3)34(39)37-35(38)40/h26,29-33H,5-25,27H2,1-4H3,(H,41,42)(H,37,39,40)/t29?,30-,31+,32?,33+/m0/s1. The minimum atomic E-state index is -4.45. The molecule has 2 N–H and O–H groups in total. The molecule has 13 heteroatoms. The van der Waals surface area contributed by atoms with Gasteiger partial charge in [0.05, 0.1) is 19.3 Å². The van der Waals surface area contributed by atoms with E-state index in [1.165, 1.54) is 109 Å². The number of unbranched alkanes of at least 4 members (excludes halogenated alkanes) is 13. The summed E-state index contributed by atoms with van der Waals surface area (Å²) in [6.45, 7) is 7.96. The van der Waals surface area contributed by atoms with Crippen LogP contribution in [0.3, 0.4) is 0 Å². The maximum absolute atomic E-state index is 14.6. The van der Waals surface area contributed by atoms with Crippen molar-refractivity contribution in [2.24, 2.45) is 0 Å². The maximum Gasteiger partial charge on any atom is 0.472 e. The van der Waals surface area contributed by atoms with E-state index >= 15 is 0 Å². The van der Waals surface area contributed by atoms with Crippen LogP contribution in [0.1, 0.15) is 148 Å². The van der Waals surface area contributed by atoms with Gasteiger partial charge in [0.15, 0.2) is 0 Å². The summed E-state index contributed by atoms with van der Waals surface area (Å²) in [5, 5.41) is 0.415. The number of H-pyrrole nitrogens is 1. The molecule has 0 amide bonds. The van der Waals surface area contributed by atoms with Crippen LogP contribution in [0.5, 0.6) is 0 Å². The van der Waals surface area contributed by atoms with Crippen LogP contribution in [0.4, 0.5) is 4.39 Å². The molecule has 48 heavy (non-hydrogen) atoms. The number of thioether (sulfide) groups is 1. The van der Waals surface area contributed by atoms with Crippen LogP contribution in [0.25, 0.3) is 0 Å². The maximum atomic E-state index is 14.6. The zero-order valence-corrected chi connectivity index (χ0v) is 31.7. The Bertz CT molecular complexity index is 1150. The number of ether oxygens (including phenoxy) is 2. The third-order valence-corrected chi connectivity index (χ3v) is 11.4. The predicted molar refractivity (Wildman–Crippen MR) is 193 cm³/mol. The zero-order chi connectivity index (χ0) is 35.2. The van der Waals surface area contributed by atoms with Crippen molar-refractivity contribution in [1.82, 2.24) is 9.55 Å². The first-order valence-corrected chi connectivity index (χ1v) is 21.1. The van der Waals surface area contributed by atoms with Gasteiger partial charge in [0.25, 0.3) is 5.56 Å². The molecule has 1 aliphatic rings. The third kappa shape index (κ3) is 17.8. The molecule has 1 aromatic heterocycles. The van der Waals surface area contributed by atoms with Crippen LogP contribution in [-0.2, 0) is 23.1 Å². The number of aromatic amines is 1. The quantitative estimate of drug-likeness (QED) is 0.0616. The van der Waals surface area contributed by atoms with Gasteiger partial charge in [0.1, 0.15) is 18.5 Å². The lowest BCUT2D eigenvalue weighted by atomic mass is 10.1. The Hall–Kier alpha value is -1.01. The molecule has 2 rings (SSSR count). The first-order chi connectivity index (χ1) is 23.1. The van der Waals surface area contributed by atoms with Gasteiger partial charge in [-0.3, -0.25) is 23.4 Å². The fourth-order valence-electron chi connectivity index (χ4n) is 5.86. The number of aryl methyl sites for hydroxylation is 1. The monoisotopic (exact) mass is 722 g/mol.